The predicted molar refractivity (Wildman–Crippen MR) is 61.8 cm³/mol. The highest BCUT2D eigenvalue weighted by molar-refractivity contribution is 5.78. The minimum absolute atomic E-state index is 0.0485. The summed E-state index contributed by atoms with van der Waals surface area (Å²) in [6, 6.07) is 0. The minimum Gasteiger partial charge on any atom is -0.385 e. The van der Waals surface area contributed by atoms with E-state index in [0.29, 0.717) is 0 Å². The molecular formula is C11H24N2O2. The van der Waals surface area contributed by atoms with Crippen molar-refractivity contribution in [1.82, 2.24) is 10.6 Å². The summed E-state index contributed by atoms with van der Waals surface area (Å²) in [7, 11) is 1.69. The molecule has 0 spiro atoms. The van der Waals surface area contributed by atoms with E-state index in [2.05, 4.69) is 10.6 Å². The van der Waals surface area contributed by atoms with Crippen LogP contribution in [0.1, 0.15) is 26.7 Å². The minimum atomic E-state index is 0.0485. The van der Waals surface area contributed by atoms with Crippen molar-refractivity contribution in [3.8, 4) is 0 Å². The third-order valence-electron chi connectivity index (χ3n) is 2.22. The molecule has 1 amide bonds. The Balaban J connectivity index is 3.38. The molecule has 0 bridgehead atoms. The molecular weight excluding hydrogens is 192 g/mol. The van der Waals surface area contributed by atoms with Gasteiger partial charge in [0.15, 0.2) is 0 Å². The van der Waals surface area contributed by atoms with Crippen molar-refractivity contribution < 1.29 is 9.53 Å². The Bertz CT molecular complexity index is 163. The molecule has 0 aromatic heterocycles. The normalized spacial score (nSPS) is 12.5. The molecule has 15 heavy (non-hydrogen) atoms. The van der Waals surface area contributed by atoms with Crippen LogP contribution in [0.2, 0.25) is 0 Å². The first-order valence-electron chi connectivity index (χ1n) is 5.69. The maximum Gasteiger partial charge on any atom is 0.224 e. The van der Waals surface area contributed by atoms with Gasteiger partial charge in [-0.2, -0.15) is 0 Å². The fourth-order valence-electron chi connectivity index (χ4n) is 1.21. The molecule has 0 aliphatic carbocycles. The lowest BCUT2D eigenvalue weighted by atomic mass is 10.1. The molecule has 0 aromatic rings. The fourth-order valence-corrected chi connectivity index (χ4v) is 1.21. The predicted octanol–water partition coefficient (Wildman–Crippen LogP) is 0.775. The topological polar surface area (TPSA) is 50.4 Å². The molecule has 0 radical (unpaired) electrons. The van der Waals surface area contributed by atoms with Crippen LogP contribution in [0.25, 0.3) is 0 Å². The van der Waals surface area contributed by atoms with E-state index in [4.69, 9.17) is 4.74 Å². The van der Waals surface area contributed by atoms with Crippen LogP contribution in [0.4, 0.5) is 0 Å². The molecule has 4 heteroatoms. The Morgan fingerprint density at radius 3 is 2.73 bits per heavy atom. The second kappa shape index (κ2) is 9.93. The number of rotatable bonds is 9. The number of amides is 1. The van der Waals surface area contributed by atoms with Crippen molar-refractivity contribution in [2.75, 3.05) is 33.4 Å². The van der Waals surface area contributed by atoms with E-state index in [1.807, 2.05) is 13.8 Å². The summed E-state index contributed by atoms with van der Waals surface area (Å²) < 4.78 is 4.93. The van der Waals surface area contributed by atoms with Gasteiger partial charge in [-0.1, -0.05) is 13.8 Å². The first-order chi connectivity index (χ1) is 7.22. The van der Waals surface area contributed by atoms with Gasteiger partial charge >= 0.3 is 0 Å². The Hall–Kier alpha value is -0.610. The lowest BCUT2D eigenvalue weighted by molar-refractivity contribution is -0.124. The average Bonchev–Trinajstić information content (AvgIpc) is 2.25. The van der Waals surface area contributed by atoms with Crippen LogP contribution in [0, 0.1) is 5.92 Å². The number of hydrogen-bond acceptors (Lipinski definition) is 3. The Labute approximate surface area is 92.8 Å². The van der Waals surface area contributed by atoms with E-state index < -0.39 is 0 Å². The third kappa shape index (κ3) is 8.39. The number of hydrogen-bond donors (Lipinski definition) is 2. The van der Waals surface area contributed by atoms with Crippen molar-refractivity contribution in [1.29, 1.82) is 0 Å². The largest absolute Gasteiger partial charge is 0.385 e. The highest BCUT2D eigenvalue weighted by atomic mass is 16.5. The van der Waals surface area contributed by atoms with Gasteiger partial charge in [0.1, 0.15) is 0 Å². The summed E-state index contributed by atoms with van der Waals surface area (Å²) in [6.07, 6.45) is 1.98. The summed E-state index contributed by atoms with van der Waals surface area (Å²) in [5.74, 6) is 0.181. The van der Waals surface area contributed by atoms with Gasteiger partial charge in [-0.25, -0.2) is 0 Å². The van der Waals surface area contributed by atoms with Crippen molar-refractivity contribution in [2.24, 2.45) is 5.92 Å². The standard InChI is InChI=1S/C11H24N2O2/c1-4-12-9-10(2)11(14)13-7-5-6-8-15-3/h10,12H,4-9H2,1-3H3,(H,13,14). The summed E-state index contributed by atoms with van der Waals surface area (Å²) in [4.78, 5) is 11.5. The number of nitrogens with one attached hydrogen (secondary N) is 2. The monoisotopic (exact) mass is 216 g/mol. The Morgan fingerprint density at radius 2 is 2.13 bits per heavy atom. The van der Waals surface area contributed by atoms with Crippen LogP contribution in [0.3, 0.4) is 0 Å². The quantitative estimate of drug-likeness (QED) is 0.560. The maximum absolute atomic E-state index is 11.5. The van der Waals surface area contributed by atoms with Crippen LogP contribution < -0.4 is 10.6 Å². The Kier molecular flexibility index (Phi) is 9.52. The van der Waals surface area contributed by atoms with Crippen LogP contribution >= 0.6 is 0 Å². The molecule has 0 aliphatic rings. The van der Waals surface area contributed by atoms with E-state index in [-0.39, 0.29) is 11.8 Å². The van der Waals surface area contributed by atoms with Gasteiger partial charge in [-0.3, -0.25) is 4.79 Å². The molecule has 0 rings (SSSR count). The second-order valence-electron chi connectivity index (χ2n) is 3.70. The van der Waals surface area contributed by atoms with E-state index in [9.17, 15) is 4.79 Å². The van der Waals surface area contributed by atoms with Gasteiger partial charge in [0.25, 0.3) is 0 Å². The summed E-state index contributed by atoms with van der Waals surface area (Å²) in [5, 5.41) is 6.07. The number of carbonyl (C=O) groups excluding carboxylic acids is 1. The van der Waals surface area contributed by atoms with E-state index in [1.165, 1.54) is 0 Å². The highest BCUT2D eigenvalue weighted by Crippen LogP contribution is 1.93. The van der Waals surface area contributed by atoms with Crippen molar-refractivity contribution in [3.05, 3.63) is 0 Å². The fraction of sp³-hybridized carbons (Fsp3) is 0.909. The van der Waals surface area contributed by atoms with Gasteiger partial charge in [0, 0.05) is 32.7 Å². The number of carbonyl (C=O) groups is 1. The van der Waals surface area contributed by atoms with Crippen molar-refractivity contribution >= 4 is 5.91 Å². The Morgan fingerprint density at radius 1 is 1.40 bits per heavy atom. The van der Waals surface area contributed by atoms with Crippen molar-refractivity contribution in [2.45, 2.75) is 26.7 Å². The molecule has 2 N–H and O–H groups in total. The summed E-state index contributed by atoms with van der Waals surface area (Å²) in [5.41, 5.74) is 0. The molecule has 90 valence electrons. The summed E-state index contributed by atoms with van der Waals surface area (Å²) in [6.45, 7) is 7.15. The highest BCUT2D eigenvalue weighted by Gasteiger charge is 2.10. The molecule has 0 heterocycles. The maximum atomic E-state index is 11.5. The van der Waals surface area contributed by atoms with Gasteiger partial charge in [0.2, 0.25) is 5.91 Å². The molecule has 4 nitrogen and oxygen atoms in total. The van der Waals surface area contributed by atoms with Gasteiger partial charge in [-0.05, 0) is 19.4 Å². The van der Waals surface area contributed by atoms with Gasteiger partial charge < -0.3 is 15.4 Å². The van der Waals surface area contributed by atoms with Crippen LogP contribution in [-0.2, 0) is 9.53 Å². The number of unbranched alkanes of at least 4 members (excludes halogenated alkanes) is 1. The lowest BCUT2D eigenvalue weighted by Gasteiger charge is -2.12. The van der Waals surface area contributed by atoms with Crippen LogP contribution in [0.5, 0.6) is 0 Å². The second-order valence-corrected chi connectivity index (χ2v) is 3.70. The van der Waals surface area contributed by atoms with Crippen LogP contribution in [0.15, 0.2) is 0 Å². The average molecular weight is 216 g/mol. The molecule has 0 aromatic carbocycles. The van der Waals surface area contributed by atoms with Crippen LogP contribution in [-0.4, -0.2) is 39.3 Å². The smallest absolute Gasteiger partial charge is 0.224 e. The van der Waals surface area contributed by atoms with E-state index in [1.54, 1.807) is 7.11 Å². The van der Waals surface area contributed by atoms with E-state index in [0.717, 1.165) is 39.1 Å². The molecule has 1 unspecified atom stereocenters. The third-order valence-corrected chi connectivity index (χ3v) is 2.22. The molecule has 0 aliphatic heterocycles. The summed E-state index contributed by atoms with van der Waals surface area (Å²) >= 11 is 0. The first kappa shape index (κ1) is 14.4. The zero-order valence-corrected chi connectivity index (χ0v) is 10.1. The zero-order valence-electron chi connectivity index (χ0n) is 10.1. The zero-order chi connectivity index (χ0) is 11.5. The van der Waals surface area contributed by atoms with Crippen molar-refractivity contribution in [3.63, 3.8) is 0 Å². The lowest BCUT2D eigenvalue weighted by Crippen LogP contribution is -2.35. The molecule has 0 saturated carbocycles. The SMILES string of the molecule is CCNCC(C)C(=O)NCCCCOC. The molecule has 0 saturated heterocycles. The first-order valence-corrected chi connectivity index (χ1v) is 5.69. The van der Waals surface area contributed by atoms with E-state index >= 15 is 0 Å². The number of ether oxygens (including phenoxy) is 1. The molecule has 0 fully saturated rings. The van der Waals surface area contributed by atoms with Gasteiger partial charge in [0.05, 0.1) is 0 Å². The molecule has 1 atom stereocenters. The van der Waals surface area contributed by atoms with Gasteiger partial charge in [-0.15, -0.1) is 0 Å². The number of methoxy groups -OCH3 is 1.